The number of nitrogens with zero attached hydrogens (tertiary/aromatic N) is 2. The maximum atomic E-state index is 5.76. The van der Waals surface area contributed by atoms with Crippen molar-refractivity contribution in [3.8, 4) is 0 Å². The van der Waals surface area contributed by atoms with Crippen LogP contribution in [-0.4, -0.2) is 23.7 Å². The molecule has 0 unspecified atom stereocenters. The van der Waals surface area contributed by atoms with Crippen LogP contribution in [0.4, 0.5) is 0 Å². The largest absolute Gasteiger partial charge is 0.264 e. The summed E-state index contributed by atoms with van der Waals surface area (Å²) in [6, 6.07) is 9.71. The lowest BCUT2D eigenvalue weighted by Gasteiger charge is -2.33. The Morgan fingerprint density at radius 2 is 1.50 bits per heavy atom. The molecule has 0 aliphatic rings. The quantitative estimate of drug-likeness (QED) is 0.442. The van der Waals surface area contributed by atoms with Gasteiger partial charge >= 0.3 is 0 Å². The van der Waals surface area contributed by atoms with Crippen molar-refractivity contribution in [3.05, 3.63) is 30.3 Å². The van der Waals surface area contributed by atoms with Crippen LogP contribution in [0.2, 0.25) is 0 Å². The average Bonchev–Trinajstić information content (AvgIpc) is 2.17. The van der Waals surface area contributed by atoms with Crippen molar-refractivity contribution in [2.24, 2.45) is 11.7 Å². The molecule has 0 aromatic heterocycles. The molecule has 0 spiro atoms. The van der Waals surface area contributed by atoms with E-state index in [0.717, 1.165) is 5.30 Å². The van der Waals surface area contributed by atoms with Crippen LogP contribution in [0.1, 0.15) is 0 Å². The van der Waals surface area contributed by atoms with Crippen molar-refractivity contribution in [3.63, 3.8) is 0 Å². The molecule has 0 aliphatic carbocycles. The van der Waals surface area contributed by atoms with E-state index in [1.165, 1.54) is 9.56 Å². The molecule has 0 radical (unpaired) electrons. The minimum atomic E-state index is -2.16. The van der Waals surface area contributed by atoms with Crippen molar-refractivity contribution in [1.29, 1.82) is 0 Å². The highest BCUT2D eigenvalue weighted by Crippen LogP contribution is 2.46. The summed E-state index contributed by atoms with van der Waals surface area (Å²) in [6.45, 7) is 0. The molecular weight excluding hydrogens is 215 g/mol. The maximum Gasteiger partial charge on any atom is 0.132 e. The molecule has 4 nitrogen and oxygen atoms in total. The Morgan fingerprint density at radius 3 is 1.86 bits per heavy atom. The smallest absolute Gasteiger partial charge is 0.132 e. The zero-order valence-electron chi connectivity index (χ0n) is 8.29. The molecular formula is C8H15N4PS. The van der Waals surface area contributed by atoms with Crippen LogP contribution in [0.15, 0.2) is 30.3 Å². The van der Waals surface area contributed by atoms with Gasteiger partial charge in [-0.3, -0.25) is 11.7 Å². The third-order valence-corrected chi connectivity index (χ3v) is 6.81. The van der Waals surface area contributed by atoms with Crippen molar-refractivity contribution in [1.82, 2.24) is 9.56 Å². The number of rotatable bonds is 3. The molecule has 0 amide bonds. The molecule has 4 N–H and O–H groups in total. The van der Waals surface area contributed by atoms with Crippen molar-refractivity contribution in [2.75, 3.05) is 14.1 Å². The van der Waals surface area contributed by atoms with Crippen LogP contribution < -0.4 is 17.0 Å². The monoisotopic (exact) mass is 230 g/mol. The van der Waals surface area contributed by atoms with Gasteiger partial charge in [-0.2, -0.15) is 0 Å². The average molecular weight is 230 g/mol. The van der Waals surface area contributed by atoms with Crippen molar-refractivity contribution < 1.29 is 0 Å². The van der Waals surface area contributed by atoms with Crippen LogP contribution >= 0.6 is 6.34 Å². The zero-order chi connectivity index (χ0) is 10.8. The molecule has 0 heterocycles. The molecule has 1 aromatic carbocycles. The second kappa shape index (κ2) is 4.49. The highest BCUT2D eigenvalue weighted by molar-refractivity contribution is 8.15. The van der Waals surface area contributed by atoms with Gasteiger partial charge in [0.2, 0.25) is 0 Å². The summed E-state index contributed by atoms with van der Waals surface area (Å²) in [5.41, 5.74) is 0. The lowest BCUT2D eigenvalue weighted by Crippen LogP contribution is -2.39. The van der Waals surface area contributed by atoms with Crippen LogP contribution in [0, 0.1) is 0 Å². The fourth-order valence-electron chi connectivity index (χ4n) is 1.21. The Hall–Kier alpha value is -0.290. The van der Waals surface area contributed by atoms with E-state index in [-0.39, 0.29) is 0 Å². The van der Waals surface area contributed by atoms with E-state index in [2.05, 4.69) is 0 Å². The highest BCUT2D eigenvalue weighted by atomic mass is 32.4. The van der Waals surface area contributed by atoms with Gasteiger partial charge in [0.05, 0.1) is 0 Å². The van der Waals surface area contributed by atoms with Crippen LogP contribution in [-0.2, 0) is 11.8 Å². The standard InChI is InChI=1S/C8H15N4PS/c1-11(9)13(14,12(2)10)8-6-4-3-5-7-8/h3-7H,9-10H2,1-2H3. The van der Waals surface area contributed by atoms with Crippen LogP contribution in [0.5, 0.6) is 0 Å². The van der Waals surface area contributed by atoms with Gasteiger partial charge in [-0.25, -0.2) is 9.56 Å². The topological polar surface area (TPSA) is 58.5 Å². The fourth-order valence-corrected chi connectivity index (χ4v) is 3.31. The first kappa shape index (κ1) is 11.8. The molecule has 1 aromatic rings. The molecule has 0 bridgehead atoms. The van der Waals surface area contributed by atoms with Gasteiger partial charge in [0.15, 0.2) is 0 Å². The van der Waals surface area contributed by atoms with E-state index in [9.17, 15) is 0 Å². The second-order valence-electron chi connectivity index (χ2n) is 3.03. The van der Waals surface area contributed by atoms with Crippen molar-refractivity contribution in [2.45, 2.75) is 0 Å². The van der Waals surface area contributed by atoms with Gasteiger partial charge in [0.25, 0.3) is 0 Å². The number of hydrogen-bond donors (Lipinski definition) is 2. The fraction of sp³-hybridized carbons (Fsp3) is 0.250. The van der Waals surface area contributed by atoms with Gasteiger partial charge in [0, 0.05) is 19.4 Å². The first-order valence-electron chi connectivity index (χ1n) is 4.13. The number of hydrazine groups is 2. The molecule has 6 heteroatoms. The van der Waals surface area contributed by atoms with E-state index in [1.807, 2.05) is 30.3 Å². The van der Waals surface area contributed by atoms with Gasteiger partial charge in [-0.05, 0) is 0 Å². The molecule has 78 valence electrons. The summed E-state index contributed by atoms with van der Waals surface area (Å²) in [5, 5.41) is 0.991. The van der Waals surface area contributed by atoms with Crippen molar-refractivity contribution >= 4 is 23.5 Å². The zero-order valence-corrected chi connectivity index (χ0v) is 10.0. The SMILES string of the molecule is CN(N)P(=S)(c1ccccc1)N(C)N. The molecule has 0 saturated carbocycles. The van der Waals surface area contributed by atoms with E-state index < -0.39 is 6.34 Å². The Labute approximate surface area is 89.5 Å². The van der Waals surface area contributed by atoms with E-state index >= 15 is 0 Å². The number of hydrogen-bond acceptors (Lipinski definition) is 3. The predicted octanol–water partition coefficient (Wildman–Crippen LogP) is 0.232. The van der Waals surface area contributed by atoms with Crippen LogP contribution in [0.25, 0.3) is 0 Å². The third kappa shape index (κ3) is 2.03. The van der Waals surface area contributed by atoms with Gasteiger partial charge in [0.1, 0.15) is 6.34 Å². The summed E-state index contributed by atoms with van der Waals surface area (Å²) >= 11 is 5.53. The van der Waals surface area contributed by atoms with E-state index in [4.69, 9.17) is 23.5 Å². The first-order valence-corrected chi connectivity index (χ1v) is 6.84. The highest BCUT2D eigenvalue weighted by Gasteiger charge is 2.25. The minimum absolute atomic E-state index is 0.991. The van der Waals surface area contributed by atoms with Gasteiger partial charge in [-0.15, -0.1) is 0 Å². The Balaban J connectivity index is 3.21. The second-order valence-corrected chi connectivity index (χ2v) is 7.42. The molecule has 0 saturated heterocycles. The summed E-state index contributed by atoms with van der Waals surface area (Å²) in [7, 11) is 3.49. The van der Waals surface area contributed by atoms with Crippen LogP contribution in [0.3, 0.4) is 0 Å². The lowest BCUT2D eigenvalue weighted by molar-refractivity contribution is 0.498. The molecule has 1 rings (SSSR count). The van der Waals surface area contributed by atoms with Gasteiger partial charge in [-0.1, -0.05) is 42.1 Å². The van der Waals surface area contributed by atoms with E-state index in [1.54, 1.807) is 14.1 Å². The Morgan fingerprint density at radius 1 is 1.07 bits per heavy atom. The summed E-state index contributed by atoms with van der Waals surface area (Å²) in [6.07, 6.45) is -2.16. The number of nitrogens with two attached hydrogens (primary N) is 2. The molecule has 0 fully saturated rings. The molecule has 0 aliphatic heterocycles. The predicted molar refractivity (Wildman–Crippen MR) is 64.3 cm³/mol. The summed E-state index contributed by atoms with van der Waals surface area (Å²) in [4.78, 5) is 0. The molecule has 0 atom stereocenters. The van der Waals surface area contributed by atoms with E-state index in [0.29, 0.717) is 0 Å². The third-order valence-electron chi connectivity index (χ3n) is 1.95. The minimum Gasteiger partial charge on any atom is -0.264 e. The summed E-state index contributed by atoms with van der Waals surface area (Å²) in [5.74, 6) is 11.5. The first-order chi connectivity index (χ1) is 6.49. The Bertz CT molecular complexity index is 326. The number of benzene rings is 1. The van der Waals surface area contributed by atoms with Gasteiger partial charge < -0.3 is 0 Å². The normalized spacial score (nSPS) is 12.4. The maximum absolute atomic E-state index is 5.76. The molecule has 14 heavy (non-hydrogen) atoms. The summed E-state index contributed by atoms with van der Waals surface area (Å²) < 4.78 is 3.05. The Kier molecular flexibility index (Phi) is 3.78. The lowest BCUT2D eigenvalue weighted by atomic mass is 10.4.